The van der Waals surface area contributed by atoms with Crippen molar-refractivity contribution in [1.29, 1.82) is 0 Å². The van der Waals surface area contributed by atoms with E-state index < -0.39 is 18.0 Å². The zero-order valence-electron chi connectivity index (χ0n) is 20.7. The molecule has 0 bridgehead atoms. The lowest BCUT2D eigenvalue weighted by molar-refractivity contribution is -0.298. The van der Waals surface area contributed by atoms with Gasteiger partial charge in [0.05, 0.1) is 18.8 Å². The minimum atomic E-state index is -1.09. The number of halogens is 1. The van der Waals surface area contributed by atoms with Gasteiger partial charge in [0, 0.05) is 30.5 Å². The van der Waals surface area contributed by atoms with Crippen LogP contribution in [0.3, 0.4) is 0 Å². The number of hydrogen-bond donors (Lipinski definition) is 2. The first-order valence-corrected chi connectivity index (χ1v) is 13.2. The first-order chi connectivity index (χ1) is 16.4. The summed E-state index contributed by atoms with van der Waals surface area (Å²) >= 11 is 6.56. The van der Waals surface area contributed by atoms with Crippen molar-refractivity contribution in [3.8, 4) is 0 Å². The van der Waals surface area contributed by atoms with Crippen LogP contribution in [0.25, 0.3) is 0 Å². The van der Waals surface area contributed by atoms with E-state index in [4.69, 9.17) is 21.1 Å². The monoisotopic (exact) mass is 486 g/mol. The van der Waals surface area contributed by atoms with Gasteiger partial charge in [0.1, 0.15) is 0 Å². The van der Waals surface area contributed by atoms with Crippen LogP contribution in [0, 0.1) is 5.41 Å². The molecule has 5 rings (SSSR count). The van der Waals surface area contributed by atoms with Crippen LogP contribution in [0.15, 0.2) is 42.5 Å². The zero-order chi connectivity index (χ0) is 24.3. The molecule has 3 aliphatic rings. The molecule has 1 spiro atoms. The summed E-state index contributed by atoms with van der Waals surface area (Å²) in [6, 6.07) is 14.8. The third-order valence-corrected chi connectivity index (χ3v) is 8.29. The number of ether oxygens (including phenoxy) is 2. The predicted octanol–water partition coefficient (Wildman–Crippen LogP) is 6.34. The van der Waals surface area contributed by atoms with Crippen LogP contribution in [-0.2, 0) is 21.7 Å². The quantitative estimate of drug-likeness (QED) is 0.500. The Kier molecular flexibility index (Phi) is 8.06. The van der Waals surface area contributed by atoms with Gasteiger partial charge in [-0.1, -0.05) is 55.8 Å². The van der Waals surface area contributed by atoms with Crippen molar-refractivity contribution in [3.05, 3.63) is 69.7 Å². The Morgan fingerprint density at radius 2 is 1.79 bits per heavy atom. The van der Waals surface area contributed by atoms with Crippen LogP contribution < -0.4 is 0 Å². The maximum absolute atomic E-state index is 10.4. The fourth-order valence-electron chi connectivity index (χ4n) is 5.81. The zero-order valence-corrected chi connectivity index (χ0v) is 21.5. The molecule has 3 fully saturated rings. The van der Waals surface area contributed by atoms with Crippen LogP contribution in [-0.4, -0.2) is 36.1 Å². The minimum Gasteiger partial charge on any atom is -0.394 e. The molecule has 2 aromatic rings. The van der Waals surface area contributed by atoms with E-state index >= 15 is 0 Å². The number of aliphatic hydroxyl groups excluding tert-OH is 2. The van der Waals surface area contributed by atoms with E-state index in [0.717, 1.165) is 17.0 Å². The molecular weight excluding hydrogens is 448 g/mol. The molecule has 2 aromatic carbocycles. The van der Waals surface area contributed by atoms with E-state index in [1.165, 1.54) is 43.2 Å². The Morgan fingerprint density at radius 1 is 1.06 bits per heavy atom. The molecule has 2 aliphatic carbocycles. The second kappa shape index (κ2) is 10.7. The second-order valence-electron chi connectivity index (χ2n) is 10.1. The van der Waals surface area contributed by atoms with Crippen molar-refractivity contribution >= 4 is 11.6 Å². The van der Waals surface area contributed by atoms with Crippen molar-refractivity contribution in [2.75, 3.05) is 13.7 Å². The highest BCUT2D eigenvalue weighted by atomic mass is 35.5. The van der Waals surface area contributed by atoms with E-state index in [2.05, 4.69) is 24.3 Å². The number of methoxy groups -OCH3 is 1. The molecule has 186 valence electrons. The highest BCUT2D eigenvalue weighted by molar-refractivity contribution is 6.31. The van der Waals surface area contributed by atoms with Crippen LogP contribution in [0.4, 0.5) is 0 Å². The smallest absolute Gasteiger partial charge is 0.197 e. The summed E-state index contributed by atoms with van der Waals surface area (Å²) in [5.41, 5.74) is 5.19. The van der Waals surface area contributed by atoms with Crippen molar-refractivity contribution in [1.82, 2.24) is 0 Å². The number of benzene rings is 2. The van der Waals surface area contributed by atoms with Gasteiger partial charge in [0.15, 0.2) is 5.79 Å². The summed E-state index contributed by atoms with van der Waals surface area (Å²) in [5, 5.41) is 20.6. The van der Waals surface area contributed by atoms with E-state index in [0.29, 0.717) is 29.7 Å². The lowest BCUT2D eigenvalue weighted by atomic mass is 9.90. The van der Waals surface area contributed by atoms with Crippen molar-refractivity contribution in [3.63, 3.8) is 0 Å². The Balaban J connectivity index is 0.00000133. The van der Waals surface area contributed by atoms with Gasteiger partial charge in [-0.3, -0.25) is 0 Å². The van der Waals surface area contributed by atoms with Crippen molar-refractivity contribution in [2.24, 2.45) is 5.41 Å². The molecular formula is C29H39ClO4. The van der Waals surface area contributed by atoms with Crippen LogP contribution in [0.1, 0.15) is 87.0 Å². The van der Waals surface area contributed by atoms with Gasteiger partial charge in [-0.05, 0) is 78.7 Å². The van der Waals surface area contributed by atoms with E-state index in [1.807, 2.05) is 32.0 Å². The van der Waals surface area contributed by atoms with Gasteiger partial charge >= 0.3 is 0 Å². The predicted molar refractivity (Wildman–Crippen MR) is 136 cm³/mol. The van der Waals surface area contributed by atoms with E-state index in [-0.39, 0.29) is 6.61 Å². The lowest BCUT2D eigenvalue weighted by Gasteiger charge is -2.42. The summed E-state index contributed by atoms with van der Waals surface area (Å²) in [6.45, 7) is 3.84. The van der Waals surface area contributed by atoms with E-state index in [9.17, 15) is 10.2 Å². The summed E-state index contributed by atoms with van der Waals surface area (Å²) < 4.78 is 11.9. The van der Waals surface area contributed by atoms with Gasteiger partial charge in [0.25, 0.3) is 0 Å². The van der Waals surface area contributed by atoms with Crippen molar-refractivity contribution < 1.29 is 19.7 Å². The van der Waals surface area contributed by atoms with Gasteiger partial charge in [-0.15, -0.1) is 0 Å². The SMILES string of the molecule is CC.COC1(c2ccc(Cl)c(Cc3ccc(C4CCC5(CC5)C4)cc3)c2)CC(O)CC(CO)O1. The van der Waals surface area contributed by atoms with Gasteiger partial charge in [-0.2, -0.15) is 0 Å². The Labute approximate surface area is 209 Å². The molecule has 0 radical (unpaired) electrons. The fraction of sp³-hybridized carbons (Fsp3) is 0.586. The highest BCUT2D eigenvalue weighted by Crippen LogP contribution is 2.61. The summed E-state index contributed by atoms with van der Waals surface area (Å²) in [4.78, 5) is 0. The number of hydrogen-bond acceptors (Lipinski definition) is 4. The van der Waals surface area contributed by atoms with Gasteiger partial charge in [-0.25, -0.2) is 0 Å². The molecule has 2 saturated carbocycles. The average molecular weight is 487 g/mol. The minimum absolute atomic E-state index is 0.156. The first kappa shape index (κ1) is 25.7. The lowest BCUT2D eigenvalue weighted by Crippen LogP contribution is -2.46. The standard InChI is InChI=1S/C27H33ClO4.C2H6/c1-31-27(16-23(30)14-24(17-29)32-27)22-6-7-25(28)21(13-22)12-18-2-4-19(5-3-18)20-8-9-26(15-20)10-11-26;1-2/h2-7,13,20,23-24,29-30H,8-12,14-17H2,1H3;1-2H3. The molecule has 34 heavy (non-hydrogen) atoms. The summed E-state index contributed by atoms with van der Waals surface area (Å²) in [7, 11) is 1.58. The Morgan fingerprint density at radius 3 is 2.41 bits per heavy atom. The highest BCUT2D eigenvalue weighted by Gasteiger charge is 2.48. The molecule has 4 unspecified atom stereocenters. The van der Waals surface area contributed by atoms with Gasteiger partial charge in [0.2, 0.25) is 0 Å². The second-order valence-corrected chi connectivity index (χ2v) is 10.5. The molecule has 4 nitrogen and oxygen atoms in total. The molecule has 1 saturated heterocycles. The maximum Gasteiger partial charge on any atom is 0.197 e. The largest absolute Gasteiger partial charge is 0.394 e. The van der Waals surface area contributed by atoms with Crippen LogP contribution in [0.5, 0.6) is 0 Å². The van der Waals surface area contributed by atoms with Crippen LogP contribution in [0.2, 0.25) is 5.02 Å². The van der Waals surface area contributed by atoms with Crippen molar-refractivity contribution in [2.45, 2.75) is 89.1 Å². The van der Waals surface area contributed by atoms with Gasteiger partial charge < -0.3 is 19.7 Å². The first-order valence-electron chi connectivity index (χ1n) is 12.8. The van der Waals surface area contributed by atoms with E-state index in [1.54, 1.807) is 7.11 Å². The molecule has 0 amide bonds. The Bertz CT molecular complexity index is 955. The molecule has 1 aliphatic heterocycles. The summed E-state index contributed by atoms with van der Waals surface area (Å²) in [5.74, 6) is -0.371. The third-order valence-electron chi connectivity index (χ3n) is 7.92. The average Bonchev–Trinajstić information content (AvgIpc) is 3.50. The molecule has 5 heteroatoms. The Hall–Kier alpha value is -1.43. The molecule has 1 heterocycles. The third kappa shape index (κ3) is 5.37. The fourth-order valence-corrected chi connectivity index (χ4v) is 5.99. The normalized spacial score (nSPS) is 29.5. The molecule has 4 atom stereocenters. The molecule has 2 N–H and O–H groups in total. The molecule has 0 aromatic heterocycles. The number of aliphatic hydroxyl groups is 2. The topological polar surface area (TPSA) is 58.9 Å². The maximum atomic E-state index is 10.4. The number of rotatable bonds is 6. The van der Waals surface area contributed by atoms with Crippen LogP contribution >= 0.6 is 11.6 Å². The summed E-state index contributed by atoms with van der Waals surface area (Å²) in [6.07, 6.45) is 7.32.